The molecule has 0 aliphatic carbocycles. The fourth-order valence-electron chi connectivity index (χ4n) is 4.83. The molecule has 3 aromatic heterocycles. The van der Waals surface area contributed by atoms with Crippen molar-refractivity contribution in [2.45, 2.75) is 57.5 Å². The molecule has 1 aliphatic heterocycles. The van der Waals surface area contributed by atoms with Crippen LogP contribution in [0, 0.1) is 6.92 Å². The first-order valence-electron chi connectivity index (χ1n) is 12.1. The summed E-state index contributed by atoms with van der Waals surface area (Å²) < 4.78 is 27.8. The highest BCUT2D eigenvalue weighted by Gasteiger charge is 2.36. The lowest BCUT2D eigenvalue weighted by atomic mass is 10.1. The van der Waals surface area contributed by atoms with Gasteiger partial charge in [-0.25, -0.2) is 18.4 Å². The van der Waals surface area contributed by atoms with Crippen LogP contribution in [0.5, 0.6) is 0 Å². The van der Waals surface area contributed by atoms with Crippen LogP contribution < -0.4 is 4.90 Å². The van der Waals surface area contributed by atoms with Crippen LogP contribution >= 0.6 is 0 Å². The van der Waals surface area contributed by atoms with Crippen LogP contribution in [0.25, 0.3) is 17.1 Å². The van der Waals surface area contributed by atoms with Crippen LogP contribution in [0.1, 0.15) is 50.4 Å². The largest absolute Gasteiger partial charge is 0.342 e. The number of aromatic nitrogens is 6. The number of anilines is 1. The number of hydrogen-bond donors (Lipinski definition) is 0. The molecule has 0 spiro atoms. The second-order valence-corrected chi connectivity index (χ2v) is 11.3. The van der Waals surface area contributed by atoms with E-state index in [0.29, 0.717) is 17.1 Å². The third-order valence-corrected chi connectivity index (χ3v) is 8.28. The zero-order valence-corrected chi connectivity index (χ0v) is 21.6. The van der Waals surface area contributed by atoms with Crippen LogP contribution in [0.3, 0.4) is 0 Å². The summed E-state index contributed by atoms with van der Waals surface area (Å²) in [5.41, 5.74) is 2.41. The summed E-state index contributed by atoms with van der Waals surface area (Å²) in [5.74, 6) is 3.01. The minimum absolute atomic E-state index is 0.0278. The Kier molecular flexibility index (Phi) is 6.29. The first-order chi connectivity index (χ1) is 17.3. The van der Waals surface area contributed by atoms with E-state index in [9.17, 15) is 8.42 Å². The summed E-state index contributed by atoms with van der Waals surface area (Å²) in [4.78, 5) is 16.6. The van der Waals surface area contributed by atoms with Gasteiger partial charge in [0, 0.05) is 24.0 Å². The normalized spacial score (nSPS) is 15.1. The lowest BCUT2D eigenvalue weighted by Crippen LogP contribution is -2.40. The third-order valence-electron chi connectivity index (χ3n) is 6.55. The monoisotopic (exact) mass is 503 g/mol. The van der Waals surface area contributed by atoms with E-state index in [0.717, 1.165) is 40.7 Å². The van der Waals surface area contributed by atoms with Crippen molar-refractivity contribution in [3.63, 3.8) is 0 Å². The molecule has 9 nitrogen and oxygen atoms in total. The number of nitrogens with zero attached hydrogens (tertiary/aromatic N) is 7. The molecule has 0 bridgehead atoms. The molecular formula is C26H29N7O2S. The number of hydrogen-bond acceptors (Lipinski definition) is 8. The molecular weight excluding hydrogens is 474 g/mol. The minimum atomic E-state index is -3.43. The predicted octanol–water partition coefficient (Wildman–Crippen LogP) is 4.12. The van der Waals surface area contributed by atoms with E-state index in [2.05, 4.69) is 40.9 Å². The molecule has 1 aliphatic rings. The van der Waals surface area contributed by atoms with Crippen molar-refractivity contribution in [3.05, 3.63) is 72.2 Å². The summed E-state index contributed by atoms with van der Waals surface area (Å²) in [6.07, 6.45) is 6.36. The van der Waals surface area contributed by atoms with Crippen molar-refractivity contribution in [1.82, 2.24) is 29.7 Å². The molecule has 0 saturated carbocycles. The van der Waals surface area contributed by atoms with Gasteiger partial charge in [0.15, 0.2) is 27.3 Å². The molecule has 0 amide bonds. The van der Waals surface area contributed by atoms with Gasteiger partial charge in [0.2, 0.25) is 0 Å². The molecule has 186 valence electrons. The Morgan fingerprint density at radius 2 is 1.83 bits per heavy atom. The van der Waals surface area contributed by atoms with Crippen molar-refractivity contribution < 1.29 is 8.42 Å². The van der Waals surface area contributed by atoms with Gasteiger partial charge in [-0.2, -0.15) is 0 Å². The Labute approximate surface area is 211 Å². The molecule has 5 rings (SSSR count). The summed E-state index contributed by atoms with van der Waals surface area (Å²) >= 11 is 0. The first-order valence-corrected chi connectivity index (χ1v) is 13.8. The van der Waals surface area contributed by atoms with Crippen LogP contribution in [0.2, 0.25) is 0 Å². The lowest BCUT2D eigenvalue weighted by Gasteiger charge is -2.39. The van der Waals surface area contributed by atoms with Gasteiger partial charge in [-0.1, -0.05) is 25.1 Å². The van der Waals surface area contributed by atoms with Crippen molar-refractivity contribution in [3.8, 4) is 17.1 Å². The number of aryl methyl sites for hydroxylation is 2. The molecule has 10 heteroatoms. The van der Waals surface area contributed by atoms with Crippen molar-refractivity contribution in [2.24, 2.45) is 0 Å². The highest BCUT2D eigenvalue weighted by Crippen LogP contribution is 2.40. The topological polar surface area (TPSA) is 107 Å². The highest BCUT2D eigenvalue weighted by molar-refractivity contribution is 7.91. The average molecular weight is 504 g/mol. The number of pyridine rings is 1. The third kappa shape index (κ3) is 4.15. The molecule has 1 aromatic carbocycles. The Morgan fingerprint density at radius 1 is 1.06 bits per heavy atom. The maximum Gasteiger partial charge on any atom is 0.178 e. The molecule has 0 unspecified atom stereocenters. The Bertz CT molecular complexity index is 1500. The standard InChI is InChI=1S/C26H29N7O2S/c1-5-22-26-31-30-18(4)33(26)23-16-28-24(29-25(23)32(22)17(2)3)21-11-13-27-15-19(21)12-14-36(34,35)20-9-7-6-8-10-20/h6-11,13,15-17,22H,5,12,14H2,1-4H3/t22-/m1/s1. The Balaban J connectivity index is 1.55. The van der Waals surface area contributed by atoms with E-state index in [4.69, 9.17) is 9.97 Å². The fourth-order valence-corrected chi connectivity index (χ4v) is 6.12. The highest BCUT2D eigenvalue weighted by atomic mass is 32.2. The van der Waals surface area contributed by atoms with Crippen LogP contribution in [-0.2, 0) is 16.3 Å². The molecule has 0 saturated heterocycles. The van der Waals surface area contributed by atoms with E-state index in [1.807, 2.05) is 23.8 Å². The van der Waals surface area contributed by atoms with Gasteiger partial charge in [-0.05, 0) is 57.4 Å². The molecule has 0 fully saturated rings. The smallest absolute Gasteiger partial charge is 0.178 e. The van der Waals surface area contributed by atoms with E-state index < -0.39 is 9.84 Å². The second kappa shape index (κ2) is 9.42. The summed E-state index contributed by atoms with van der Waals surface area (Å²) in [7, 11) is -3.43. The molecule has 0 N–H and O–H groups in total. The fraction of sp³-hybridized carbons (Fsp3) is 0.346. The van der Waals surface area contributed by atoms with E-state index >= 15 is 0 Å². The number of benzene rings is 1. The first kappa shape index (κ1) is 24.1. The van der Waals surface area contributed by atoms with E-state index in [-0.39, 0.29) is 17.8 Å². The molecule has 1 atom stereocenters. The van der Waals surface area contributed by atoms with Crippen molar-refractivity contribution >= 4 is 15.7 Å². The Morgan fingerprint density at radius 3 is 2.56 bits per heavy atom. The summed E-state index contributed by atoms with van der Waals surface area (Å²) in [5, 5.41) is 8.78. The summed E-state index contributed by atoms with van der Waals surface area (Å²) in [6, 6.07) is 10.6. The molecule has 4 aromatic rings. The van der Waals surface area contributed by atoms with Gasteiger partial charge in [0.05, 0.1) is 22.9 Å². The van der Waals surface area contributed by atoms with Crippen molar-refractivity contribution in [1.29, 1.82) is 0 Å². The van der Waals surface area contributed by atoms with Crippen molar-refractivity contribution in [2.75, 3.05) is 10.7 Å². The van der Waals surface area contributed by atoms with E-state index in [1.165, 1.54) is 0 Å². The SMILES string of the molecule is CC[C@@H]1c2nnc(C)n2-c2cnc(-c3ccncc3CCS(=O)(=O)c3ccccc3)nc2N1C(C)C. The molecule has 0 radical (unpaired) electrons. The second-order valence-electron chi connectivity index (χ2n) is 9.18. The van der Waals surface area contributed by atoms with Crippen LogP contribution in [-0.4, -0.2) is 49.9 Å². The number of sulfone groups is 1. The quantitative estimate of drug-likeness (QED) is 0.371. The zero-order chi connectivity index (χ0) is 25.4. The van der Waals surface area contributed by atoms with E-state index in [1.54, 1.807) is 42.7 Å². The minimum Gasteiger partial charge on any atom is -0.342 e. The molecule has 4 heterocycles. The maximum atomic E-state index is 12.9. The van der Waals surface area contributed by atoms with Gasteiger partial charge >= 0.3 is 0 Å². The Hall–Kier alpha value is -3.66. The van der Waals surface area contributed by atoms with Crippen LogP contribution in [0.4, 0.5) is 5.82 Å². The summed E-state index contributed by atoms with van der Waals surface area (Å²) in [6.45, 7) is 8.34. The zero-order valence-electron chi connectivity index (χ0n) is 20.8. The number of fused-ring (bicyclic) bond motifs is 3. The lowest BCUT2D eigenvalue weighted by molar-refractivity contribution is 0.496. The maximum absolute atomic E-state index is 12.9. The number of rotatable bonds is 7. The average Bonchev–Trinajstić information content (AvgIpc) is 3.28. The van der Waals surface area contributed by atoms with Crippen LogP contribution in [0.15, 0.2) is 59.9 Å². The molecule has 36 heavy (non-hydrogen) atoms. The van der Waals surface area contributed by atoms with Gasteiger partial charge < -0.3 is 4.90 Å². The van der Waals surface area contributed by atoms with Gasteiger partial charge in [-0.3, -0.25) is 9.55 Å². The van der Waals surface area contributed by atoms with Gasteiger partial charge in [0.1, 0.15) is 11.5 Å². The van der Waals surface area contributed by atoms with Gasteiger partial charge in [-0.15, -0.1) is 10.2 Å². The predicted molar refractivity (Wildman–Crippen MR) is 138 cm³/mol. The van der Waals surface area contributed by atoms with Gasteiger partial charge in [0.25, 0.3) is 0 Å².